The Morgan fingerprint density at radius 3 is 2.80 bits per heavy atom. The number of hydrogen-bond donors (Lipinski definition) is 3. The summed E-state index contributed by atoms with van der Waals surface area (Å²) in [5.41, 5.74) is 1.32. The van der Waals surface area contributed by atoms with Gasteiger partial charge in [-0.2, -0.15) is 18.4 Å². The van der Waals surface area contributed by atoms with E-state index >= 15 is 0 Å². The number of aromatic amines is 1. The molecule has 0 aliphatic carbocycles. The number of rotatable bonds is 6. The van der Waals surface area contributed by atoms with Crippen LogP contribution in [0.3, 0.4) is 0 Å². The van der Waals surface area contributed by atoms with Gasteiger partial charge in [0.15, 0.2) is 11.5 Å². The van der Waals surface area contributed by atoms with E-state index in [1.807, 2.05) is 0 Å². The lowest BCUT2D eigenvalue weighted by atomic mass is 10.2. The molecule has 0 aliphatic heterocycles. The van der Waals surface area contributed by atoms with E-state index in [2.05, 4.69) is 25.3 Å². The van der Waals surface area contributed by atoms with Gasteiger partial charge in [-0.25, -0.2) is 4.98 Å². The molecule has 10 nitrogen and oxygen atoms in total. The SMILES string of the molecule is COc1ccc(CNc2nc(OS(C)(=O)=O)nc3nc[nH]c23)c(O)c1. The standard InChI is InChI=1S/C14H15N5O5S/c1-23-9-4-3-8(10(20)5-9)6-15-12-11-13(17-7-16-11)19-14(18-12)24-25(2,21)22/h3-5,7,20H,6H2,1-2H3,(H2,15,16,17,18,19). The summed E-state index contributed by atoms with van der Waals surface area (Å²) in [4.78, 5) is 14.8. The van der Waals surface area contributed by atoms with E-state index in [-0.39, 0.29) is 29.8 Å². The average molecular weight is 365 g/mol. The molecule has 3 N–H and O–H groups in total. The molecule has 0 unspecified atom stereocenters. The lowest BCUT2D eigenvalue weighted by Crippen LogP contribution is -2.10. The number of H-pyrrole nitrogens is 1. The minimum Gasteiger partial charge on any atom is -0.507 e. The number of nitrogens with zero attached hydrogens (tertiary/aromatic N) is 3. The van der Waals surface area contributed by atoms with Crippen molar-refractivity contribution >= 4 is 27.1 Å². The van der Waals surface area contributed by atoms with Crippen LogP contribution in [0.15, 0.2) is 24.5 Å². The lowest BCUT2D eigenvalue weighted by molar-refractivity contribution is 0.406. The summed E-state index contributed by atoms with van der Waals surface area (Å²) in [5, 5.41) is 13.0. The molecule has 0 amide bonds. The van der Waals surface area contributed by atoms with Gasteiger partial charge in [-0.3, -0.25) is 0 Å². The van der Waals surface area contributed by atoms with E-state index in [0.29, 0.717) is 16.8 Å². The normalized spacial score (nSPS) is 11.4. The van der Waals surface area contributed by atoms with Crippen molar-refractivity contribution in [2.24, 2.45) is 0 Å². The van der Waals surface area contributed by atoms with Gasteiger partial charge in [0, 0.05) is 18.2 Å². The third-order valence-electron chi connectivity index (χ3n) is 3.23. The van der Waals surface area contributed by atoms with E-state index in [1.54, 1.807) is 12.1 Å². The third kappa shape index (κ3) is 3.88. The number of anilines is 1. The van der Waals surface area contributed by atoms with Crippen LogP contribution >= 0.6 is 0 Å². The Labute approximate surface area is 143 Å². The number of fused-ring (bicyclic) bond motifs is 1. The minimum atomic E-state index is -3.77. The van der Waals surface area contributed by atoms with E-state index in [1.165, 1.54) is 19.5 Å². The quantitative estimate of drug-likeness (QED) is 0.546. The lowest BCUT2D eigenvalue weighted by Gasteiger charge is -2.10. The van der Waals surface area contributed by atoms with Crippen LogP contribution in [-0.2, 0) is 16.7 Å². The molecule has 0 atom stereocenters. The molecule has 11 heteroatoms. The van der Waals surface area contributed by atoms with Crippen molar-refractivity contribution in [2.45, 2.75) is 6.54 Å². The Hall–Kier alpha value is -3.08. The number of benzene rings is 1. The summed E-state index contributed by atoms with van der Waals surface area (Å²) in [5.74, 6) is 0.869. The molecule has 0 radical (unpaired) electrons. The molecule has 25 heavy (non-hydrogen) atoms. The second-order valence-electron chi connectivity index (χ2n) is 5.09. The molecule has 3 rings (SSSR count). The molecule has 0 aliphatic rings. The van der Waals surface area contributed by atoms with Crippen molar-refractivity contribution in [3.05, 3.63) is 30.1 Å². The topological polar surface area (TPSA) is 139 Å². The fraction of sp³-hybridized carbons (Fsp3) is 0.214. The Morgan fingerprint density at radius 1 is 1.32 bits per heavy atom. The Kier molecular flexibility index (Phi) is 4.31. The molecule has 3 aromatic rings. The number of hydrogen-bond acceptors (Lipinski definition) is 9. The van der Waals surface area contributed by atoms with Gasteiger partial charge in [0.1, 0.15) is 17.0 Å². The number of ether oxygens (including phenoxy) is 1. The van der Waals surface area contributed by atoms with Crippen LogP contribution in [0.1, 0.15) is 5.56 Å². The molecule has 0 fully saturated rings. The first-order valence-corrected chi connectivity index (χ1v) is 8.87. The van der Waals surface area contributed by atoms with Crippen LogP contribution in [0.25, 0.3) is 11.2 Å². The highest BCUT2D eigenvalue weighted by atomic mass is 32.2. The number of aromatic hydroxyl groups is 1. The van der Waals surface area contributed by atoms with Gasteiger partial charge in [-0.1, -0.05) is 0 Å². The fourth-order valence-electron chi connectivity index (χ4n) is 2.11. The second-order valence-corrected chi connectivity index (χ2v) is 6.67. The van der Waals surface area contributed by atoms with E-state index < -0.39 is 10.1 Å². The van der Waals surface area contributed by atoms with Crippen LogP contribution < -0.4 is 14.2 Å². The van der Waals surface area contributed by atoms with Crippen molar-refractivity contribution in [1.29, 1.82) is 0 Å². The number of imidazole rings is 1. The van der Waals surface area contributed by atoms with Crippen LogP contribution in [0.4, 0.5) is 5.82 Å². The molecule has 0 saturated carbocycles. The highest BCUT2D eigenvalue weighted by molar-refractivity contribution is 7.86. The van der Waals surface area contributed by atoms with Crippen LogP contribution in [0, 0.1) is 0 Å². The first-order valence-electron chi connectivity index (χ1n) is 7.06. The van der Waals surface area contributed by atoms with Crippen molar-refractivity contribution < 1.29 is 22.4 Å². The van der Waals surface area contributed by atoms with Gasteiger partial charge < -0.3 is 24.3 Å². The van der Waals surface area contributed by atoms with E-state index in [0.717, 1.165) is 6.26 Å². The van der Waals surface area contributed by atoms with Crippen LogP contribution in [-0.4, -0.2) is 46.8 Å². The summed E-state index contributed by atoms with van der Waals surface area (Å²) in [6.07, 6.45) is 2.30. The van der Waals surface area contributed by atoms with E-state index in [9.17, 15) is 13.5 Å². The smallest absolute Gasteiger partial charge is 0.337 e. The van der Waals surface area contributed by atoms with Crippen molar-refractivity contribution in [3.63, 3.8) is 0 Å². The molecule has 132 valence electrons. The maximum Gasteiger partial charge on any atom is 0.337 e. The molecule has 2 aromatic heterocycles. The Morgan fingerprint density at radius 2 is 2.12 bits per heavy atom. The number of phenols is 1. The van der Waals surface area contributed by atoms with E-state index in [4.69, 9.17) is 8.92 Å². The highest BCUT2D eigenvalue weighted by Crippen LogP contribution is 2.26. The van der Waals surface area contributed by atoms with Gasteiger partial charge in [0.2, 0.25) is 0 Å². The monoisotopic (exact) mass is 365 g/mol. The number of aromatic nitrogens is 4. The van der Waals surface area contributed by atoms with Crippen molar-refractivity contribution in [3.8, 4) is 17.5 Å². The Bertz CT molecular complexity index is 1020. The summed E-state index contributed by atoms with van der Waals surface area (Å²) in [6, 6.07) is 4.55. The highest BCUT2D eigenvalue weighted by Gasteiger charge is 2.15. The number of phenolic OH excluding ortho intramolecular Hbond substituents is 1. The minimum absolute atomic E-state index is 0.0503. The van der Waals surface area contributed by atoms with Crippen molar-refractivity contribution in [1.82, 2.24) is 19.9 Å². The average Bonchev–Trinajstić information content (AvgIpc) is 3.00. The molecule has 0 saturated heterocycles. The van der Waals surface area contributed by atoms with Crippen molar-refractivity contribution in [2.75, 3.05) is 18.7 Å². The fourth-order valence-corrected chi connectivity index (χ4v) is 2.46. The first-order chi connectivity index (χ1) is 11.9. The molecule has 0 bridgehead atoms. The zero-order valence-corrected chi connectivity index (χ0v) is 14.2. The number of methoxy groups -OCH3 is 1. The summed E-state index contributed by atoms with van der Waals surface area (Å²) in [6.45, 7) is 0.222. The predicted octanol–water partition coefficient (Wildman–Crippen LogP) is 1.02. The van der Waals surface area contributed by atoms with Gasteiger partial charge >= 0.3 is 16.1 Å². The summed E-state index contributed by atoms with van der Waals surface area (Å²) < 4.78 is 32.3. The van der Waals surface area contributed by atoms with Gasteiger partial charge in [0.05, 0.1) is 19.7 Å². The Balaban J connectivity index is 1.89. The van der Waals surface area contributed by atoms with Crippen LogP contribution in [0.2, 0.25) is 0 Å². The maximum absolute atomic E-state index is 11.3. The molecule has 2 heterocycles. The zero-order chi connectivity index (χ0) is 18.0. The second kappa shape index (κ2) is 6.43. The first kappa shape index (κ1) is 16.8. The maximum atomic E-state index is 11.3. The summed E-state index contributed by atoms with van der Waals surface area (Å²) in [7, 11) is -2.27. The largest absolute Gasteiger partial charge is 0.507 e. The predicted molar refractivity (Wildman–Crippen MR) is 89.1 cm³/mol. The molecular formula is C14H15N5O5S. The van der Waals surface area contributed by atoms with Gasteiger partial charge in [0.25, 0.3) is 0 Å². The molecular weight excluding hydrogens is 350 g/mol. The van der Waals surface area contributed by atoms with Crippen LogP contribution in [0.5, 0.6) is 17.5 Å². The van der Waals surface area contributed by atoms with Gasteiger partial charge in [-0.05, 0) is 12.1 Å². The number of nitrogens with one attached hydrogen (secondary N) is 2. The van der Waals surface area contributed by atoms with Gasteiger partial charge in [-0.15, -0.1) is 0 Å². The third-order valence-corrected chi connectivity index (χ3v) is 3.68. The zero-order valence-electron chi connectivity index (χ0n) is 13.3. The molecule has 0 spiro atoms. The molecule has 1 aromatic carbocycles. The summed E-state index contributed by atoms with van der Waals surface area (Å²) >= 11 is 0.